The molecule has 0 radical (unpaired) electrons. The van der Waals surface area contributed by atoms with Crippen molar-refractivity contribution in [2.75, 3.05) is 0 Å². The Labute approximate surface area is 121 Å². The van der Waals surface area contributed by atoms with Crippen LogP contribution in [-0.4, -0.2) is 16.9 Å². The Morgan fingerprint density at radius 3 is 2.42 bits per heavy atom. The fourth-order valence-electron chi connectivity index (χ4n) is 1.23. The smallest absolute Gasteiger partial charge is 0.269 e. The highest BCUT2D eigenvalue weighted by Gasteiger charge is 2.07. The first-order valence-electron chi connectivity index (χ1n) is 5.68. The molecule has 0 fully saturated rings. The van der Waals surface area contributed by atoms with E-state index in [1.165, 1.54) is 0 Å². The average molecular weight is 300 g/mol. The molecular formula is C12H14ClN3O2S. The quantitative estimate of drug-likeness (QED) is 0.588. The summed E-state index contributed by atoms with van der Waals surface area (Å²) in [5.41, 5.74) is 5.26. The van der Waals surface area contributed by atoms with E-state index in [1.54, 1.807) is 24.3 Å². The van der Waals surface area contributed by atoms with Gasteiger partial charge in [0.15, 0.2) is 5.11 Å². The van der Waals surface area contributed by atoms with Crippen molar-refractivity contribution in [1.29, 1.82) is 0 Å². The molecule has 0 bridgehead atoms. The van der Waals surface area contributed by atoms with Crippen LogP contribution in [0, 0.1) is 0 Å². The number of amides is 2. The topological polar surface area (TPSA) is 70.2 Å². The second kappa shape index (κ2) is 7.70. The van der Waals surface area contributed by atoms with Crippen molar-refractivity contribution in [3.05, 3.63) is 34.9 Å². The van der Waals surface area contributed by atoms with Crippen molar-refractivity contribution in [2.45, 2.75) is 19.8 Å². The summed E-state index contributed by atoms with van der Waals surface area (Å²) in [6, 6.07) is 6.38. The molecular weight excluding hydrogens is 286 g/mol. The van der Waals surface area contributed by atoms with E-state index >= 15 is 0 Å². The third-order valence-electron chi connectivity index (χ3n) is 2.13. The molecule has 0 atom stereocenters. The van der Waals surface area contributed by atoms with Crippen molar-refractivity contribution < 1.29 is 9.59 Å². The Morgan fingerprint density at radius 2 is 1.84 bits per heavy atom. The molecule has 102 valence electrons. The summed E-state index contributed by atoms with van der Waals surface area (Å²) >= 11 is 10.6. The third-order valence-corrected chi connectivity index (χ3v) is 2.58. The van der Waals surface area contributed by atoms with Crippen molar-refractivity contribution in [3.63, 3.8) is 0 Å². The summed E-state index contributed by atoms with van der Waals surface area (Å²) in [7, 11) is 0. The lowest BCUT2D eigenvalue weighted by atomic mass is 10.2. The van der Waals surface area contributed by atoms with Gasteiger partial charge in [-0.3, -0.25) is 20.4 Å². The predicted molar refractivity (Wildman–Crippen MR) is 77.7 cm³/mol. The molecule has 0 unspecified atom stereocenters. The number of nitrogens with one attached hydrogen (secondary N) is 3. The number of hydrazine groups is 1. The van der Waals surface area contributed by atoms with E-state index in [-0.39, 0.29) is 16.9 Å². The minimum absolute atomic E-state index is 0.0563. The highest BCUT2D eigenvalue weighted by molar-refractivity contribution is 7.80. The molecule has 2 amide bonds. The minimum Gasteiger partial charge on any atom is -0.302 e. The Bertz CT molecular complexity index is 476. The van der Waals surface area contributed by atoms with Gasteiger partial charge >= 0.3 is 0 Å². The van der Waals surface area contributed by atoms with Gasteiger partial charge in [0.25, 0.3) is 5.91 Å². The van der Waals surface area contributed by atoms with Gasteiger partial charge in [-0.15, -0.1) is 0 Å². The fraction of sp³-hybridized carbons (Fsp3) is 0.250. The average Bonchev–Trinajstić information content (AvgIpc) is 2.37. The maximum Gasteiger partial charge on any atom is 0.269 e. The van der Waals surface area contributed by atoms with E-state index in [9.17, 15) is 9.59 Å². The number of halogens is 1. The molecule has 19 heavy (non-hydrogen) atoms. The second-order valence-corrected chi connectivity index (χ2v) is 4.56. The Hall–Kier alpha value is -1.66. The largest absolute Gasteiger partial charge is 0.302 e. The van der Waals surface area contributed by atoms with Crippen molar-refractivity contribution in [1.82, 2.24) is 16.2 Å². The van der Waals surface area contributed by atoms with Gasteiger partial charge in [-0.1, -0.05) is 18.5 Å². The zero-order valence-electron chi connectivity index (χ0n) is 10.3. The number of carbonyl (C=O) groups is 2. The van der Waals surface area contributed by atoms with E-state index in [2.05, 4.69) is 16.2 Å². The van der Waals surface area contributed by atoms with Gasteiger partial charge in [-0.2, -0.15) is 0 Å². The monoisotopic (exact) mass is 299 g/mol. The van der Waals surface area contributed by atoms with Gasteiger partial charge in [0.1, 0.15) is 0 Å². The number of hydrogen-bond donors (Lipinski definition) is 3. The summed E-state index contributed by atoms with van der Waals surface area (Å²) in [5, 5.41) is 3.05. The number of hydrogen-bond acceptors (Lipinski definition) is 3. The van der Waals surface area contributed by atoms with Gasteiger partial charge in [-0.05, 0) is 42.9 Å². The molecule has 7 heteroatoms. The Kier molecular flexibility index (Phi) is 6.24. The molecule has 1 rings (SSSR count). The van der Waals surface area contributed by atoms with Gasteiger partial charge in [0.05, 0.1) is 0 Å². The van der Waals surface area contributed by atoms with Gasteiger partial charge < -0.3 is 5.32 Å². The molecule has 5 nitrogen and oxygen atoms in total. The van der Waals surface area contributed by atoms with Crippen LogP contribution >= 0.6 is 23.8 Å². The fourth-order valence-corrected chi connectivity index (χ4v) is 1.53. The van der Waals surface area contributed by atoms with E-state index in [1.807, 2.05) is 6.92 Å². The molecule has 0 saturated heterocycles. The minimum atomic E-state index is -0.372. The first-order chi connectivity index (χ1) is 9.02. The van der Waals surface area contributed by atoms with Crippen LogP contribution in [0.15, 0.2) is 24.3 Å². The van der Waals surface area contributed by atoms with E-state index in [4.69, 9.17) is 23.8 Å². The summed E-state index contributed by atoms with van der Waals surface area (Å²) in [4.78, 5) is 22.9. The standard InChI is InChI=1S/C12H14ClN3O2S/c1-2-3-10(17)14-12(19)16-15-11(18)8-4-6-9(13)7-5-8/h4-7H,2-3H2,1H3,(H,15,18)(H2,14,16,17,19). The van der Waals surface area contributed by atoms with Crippen LogP contribution < -0.4 is 16.2 Å². The molecule has 1 aromatic carbocycles. The predicted octanol–water partition coefficient (Wildman–Crippen LogP) is 1.78. The van der Waals surface area contributed by atoms with Crippen molar-refractivity contribution in [3.8, 4) is 0 Å². The van der Waals surface area contributed by atoms with E-state index in [0.717, 1.165) is 6.42 Å². The van der Waals surface area contributed by atoms with Crippen LogP contribution in [0.1, 0.15) is 30.1 Å². The SMILES string of the molecule is CCCC(=O)NC(=S)NNC(=O)c1ccc(Cl)cc1. The van der Waals surface area contributed by atoms with Gasteiger partial charge in [0, 0.05) is 17.0 Å². The first kappa shape index (κ1) is 15.4. The molecule has 0 spiro atoms. The maximum atomic E-state index is 11.7. The summed E-state index contributed by atoms with van der Waals surface area (Å²) in [6.07, 6.45) is 1.11. The highest BCUT2D eigenvalue weighted by Crippen LogP contribution is 2.08. The van der Waals surface area contributed by atoms with Crippen LogP contribution in [0.25, 0.3) is 0 Å². The summed E-state index contributed by atoms with van der Waals surface area (Å²) in [6.45, 7) is 1.89. The molecule has 3 N–H and O–H groups in total. The number of carbonyl (C=O) groups excluding carboxylic acids is 2. The van der Waals surface area contributed by atoms with E-state index < -0.39 is 0 Å². The molecule has 0 aromatic heterocycles. The number of thiocarbonyl (C=S) groups is 1. The highest BCUT2D eigenvalue weighted by atomic mass is 35.5. The van der Waals surface area contributed by atoms with Crippen LogP contribution in [-0.2, 0) is 4.79 Å². The lowest BCUT2D eigenvalue weighted by Crippen LogP contribution is -2.48. The molecule has 0 heterocycles. The van der Waals surface area contributed by atoms with Gasteiger partial charge in [0.2, 0.25) is 5.91 Å². The van der Waals surface area contributed by atoms with Crippen LogP contribution in [0.5, 0.6) is 0 Å². The van der Waals surface area contributed by atoms with Crippen LogP contribution in [0.2, 0.25) is 5.02 Å². The van der Waals surface area contributed by atoms with Crippen molar-refractivity contribution >= 4 is 40.7 Å². The molecule has 0 aliphatic rings. The normalized spacial score (nSPS) is 9.58. The number of benzene rings is 1. The van der Waals surface area contributed by atoms with Crippen LogP contribution in [0.4, 0.5) is 0 Å². The molecule has 1 aromatic rings. The Balaban J connectivity index is 2.40. The second-order valence-electron chi connectivity index (χ2n) is 3.71. The summed E-state index contributed by atoms with van der Waals surface area (Å²) in [5.74, 6) is -0.565. The molecule has 0 saturated carbocycles. The Morgan fingerprint density at radius 1 is 1.21 bits per heavy atom. The van der Waals surface area contributed by atoms with Crippen LogP contribution in [0.3, 0.4) is 0 Å². The van der Waals surface area contributed by atoms with E-state index in [0.29, 0.717) is 17.0 Å². The zero-order chi connectivity index (χ0) is 14.3. The maximum absolute atomic E-state index is 11.7. The number of rotatable bonds is 3. The third kappa shape index (κ3) is 5.67. The van der Waals surface area contributed by atoms with Crippen molar-refractivity contribution in [2.24, 2.45) is 0 Å². The lowest BCUT2D eigenvalue weighted by Gasteiger charge is -2.10. The lowest BCUT2D eigenvalue weighted by molar-refractivity contribution is -0.119. The zero-order valence-corrected chi connectivity index (χ0v) is 11.9. The molecule has 0 aliphatic carbocycles. The molecule has 0 aliphatic heterocycles. The van der Waals surface area contributed by atoms with Gasteiger partial charge in [-0.25, -0.2) is 0 Å². The first-order valence-corrected chi connectivity index (χ1v) is 6.47. The summed E-state index contributed by atoms with van der Waals surface area (Å²) < 4.78 is 0.